The molecule has 2 heterocycles. The fraction of sp³-hybridized carbons (Fsp3) is 0.0500. The number of nitrogens with zero attached hydrogens (tertiary/aromatic N) is 3. The molecule has 2 aromatic heterocycles. The van der Waals surface area contributed by atoms with Crippen LogP contribution in [0.3, 0.4) is 0 Å². The fourth-order valence-electron chi connectivity index (χ4n) is 2.59. The number of hydrogen-bond acceptors (Lipinski definition) is 4. The first-order valence-electron chi connectivity index (χ1n) is 8.16. The average Bonchev–Trinajstić information content (AvgIpc) is 3.12. The first kappa shape index (κ1) is 15.8. The van der Waals surface area contributed by atoms with Gasteiger partial charge in [0.05, 0.1) is 6.20 Å². The van der Waals surface area contributed by atoms with E-state index < -0.39 is 0 Å². The number of anilines is 1. The molecule has 0 saturated carbocycles. The Hall–Kier alpha value is -3.67. The van der Waals surface area contributed by atoms with E-state index in [1.165, 1.54) is 6.20 Å². The molecular weight excluding hydrogens is 328 g/mol. The number of ether oxygens (including phenoxy) is 1. The minimum absolute atomic E-state index is 0.265. The Morgan fingerprint density at radius 1 is 1.08 bits per heavy atom. The molecule has 26 heavy (non-hydrogen) atoms. The molecule has 2 aromatic carbocycles. The van der Waals surface area contributed by atoms with E-state index in [-0.39, 0.29) is 5.91 Å². The molecule has 4 aromatic rings. The van der Waals surface area contributed by atoms with E-state index in [1.807, 2.05) is 48.5 Å². The summed E-state index contributed by atoms with van der Waals surface area (Å²) < 4.78 is 7.36. The van der Waals surface area contributed by atoms with Gasteiger partial charge in [-0.05, 0) is 23.8 Å². The Labute approximate surface area is 150 Å². The third-order valence-electron chi connectivity index (χ3n) is 3.86. The van der Waals surface area contributed by atoms with Crippen molar-refractivity contribution in [1.82, 2.24) is 14.6 Å². The molecule has 0 aliphatic rings. The molecule has 0 fully saturated rings. The van der Waals surface area contributed by atoms with E-state index in [1.54, 1.807) is 29.0 Å². The maximum atomic E-state index is 12.5. The van der Waals surface area contributed by atoms with Crippen molar-refractivity contribution in [3.05, 3.63) is 90.4 Å². The molecule has 0 unspecified atom stereocenters. The second-order valence-electron chi connectivity index (χ2n) is 5.70. The Bertz CT molecular complexity index is 1040. The van der Waals surface area contributed by atoms with Gasteiger partial charge in [-0.1, -0.05) is 36.4 Å². The van der Waals surface area contributed by atoms with Crippen LogP contribution < -0.4 is 10.1 Å². The molecule has 6 nitrogen and oxygen atoms in total. The zero-order valence-electron chi connectivity index (χ0n) is 13.9. The molecule has 0 radical (unpaired) electrons. The minimum Gasteiger partial charge on any atom is -0.489 e. The van der Waals surface area contributed by atoms with Gasteiger partial charge in [0.1, 0.15) is 17.9 Å². The molecule has 4 rings (SSSR count). The largest absolute Gasteiger partial charge is 0.489 e. The molecule has 0 aliphatic heterocycles. The van der Waals surface area contributed by atoms with Crippen molar-refractivity contribution in [2.75, 3.05) is 5.32 Å². The first-order chi connectivity index (χ1) is 12.8. The van der Waals surface area contributed by atoms with Crippen molar-refractivity contribution in [2.24, 2.45) is 0 Å². The predicted octanol–water partition coefficient (Wildman–Crippen LogP) is 3.56. The van der Waals surface area contributed by atoms with Gasteiger partial charge in [-0.25, -0.2) is 9.50 Å². The summed E-state index contributed by atoms with van der Waals surface area (Å²) in [4.78, 5) is 16.7. The number of rotatable bonds is 5. The van der Waals surface area contributed by atoms with Crippen molar-refractivity contribution in [3.63, 3.8) is 0 Å². The number of carbonyl (C=O) groups is 1. The SMILES string of the molecule is O=C(Nc1cccc(OCc2ccccc2)c1)c1cnn2cccnc12. The smallest absolute Gasteiger partial charge is 0.261 e. The highest BCUT2D eigenvalue weighted by Crippen LogP contribution is 2.20. The molecule has 0 bridgehead atoms. The summed E-state index contributed by atoms with van der Waals surface area (Å²) in [6, 6.07) is 19.0. The summed E-state index contributed by atoms with van der Waals surface area (Å²) in [5.74, 6) is 0.420. The van der Waals surface area contributed by atoms with Gasteiger partial charge in [0.15, 0.2) is 5.65 Å². The van der Waals surface area contributed by atoms with Gasteiger partial charge in [0, 0.05) is 24.1 Å². The number of carbonyl (C=O) groups excluding carboxylic acids is 1. The molecule has 0 aliphatic carbocycles. The predicted molar refractivity (Wildman–Crippen MR) is 98.2 cm³/mol. The van der Waals surface area contributed by atoms with Crippen molar-refractivity contribution >= 4 is 17.2 Å². The van der Waals surface area contributed by atoms with Crippen LogP contribution in [0.2, 0.25) is 0 Å². The number of hydrogen-bond donors (Lipinski definition) is 1. The second-order valence-corrected chi connectivity index (χ2v) is 5.70. The Balaban J connectivity index is 1.47. The topological polar surface area (TPSA) is 68.5 Å². The van der Waals surface area contributed by atoms with Crippen molar-refractivity contribution in [1.29, 1.82) is 0 Å². The minimum atomic E-state index is -0.265. The lowest BCUT2D eigenvalue weighted by molar-refractivity contribution is 0.102. The van der Waals surface area contributed by atoms with Crippen molar-refractivity contribution in [3.8, 4) is 5.75 Å². The van der Waals surface area contributed by atoms with E-state index in [2.05, 4.69) is 15.4 Å². The van der Waals surface area contributed by atoms with Crippen LogP contribution >= 0.6 is 0 Å². The quantitative estimate of drug-likeness (QED) is 0.601. The van der Waals surface area contributed by atoms with Gasteiger partial charge in [0.2, 0.25) is 0 Å². The van der Waals surface area contributed by atoms with Gasteiger partial charge >= 0.3 is 0 Å². The van der Waals surface area contributed by atoms with E-state index in [9.17, 15) is 4.79 Å². The highest BCUT2D eigenvalue weighted by molar-refractivity contribution is 6.08. The monoisotopic (exact) mass is 344 g/mol. The first-order valence-corrected chi connectivity index (χ1v) is 8.16. The summed E-state index contributed by atoms with van der Waals surface area (Å²) in [5.41, 5.74) is 2.66. The maximum Gasteiger partial charge on any atom is 0.261 e. The lowest BCUT2D eigenvalue weighted by atomic mass is 10.2. The Morgan fingerprint density at radius 2 is 1.96 bits per heavy atom. The van der Waals surface area contributed by atoms with E-state index in [4.69, 9.17) is 4.74 Å². The van der Waals surface area contributed by atoms with Crippen molar-refractivity contribution in [2.45, 2.75) is 6.61 Å². The molecule has 1 amide bonds. The van der Waals surface area contributed by atoms with Crippen LogP contribution in [0.5, 0.6) is 5.75 Å². The molecular formula is C20H16N4O2. The molecule has 1 N–H and O–H groups in total. The third kappa shape index (κ3) is 3.39. The Kier molecular flexibility index (Phi) is 4.30. The zero-order chi connectivity index (χ0) is 17.8. The molecule has 6 heteroatoms. The van der Waals surface area contributed by atoms with Gasteiger partial charge in [-0.2, -0.15) is 5.10 Å². The molecule has 0 saturated heterocycles. The standard InChI is InChI=1S/C20H16N4O2/c25-20(18-13-22-24-11-5-10-21-19(18)24)23-16-8-4-9-17(12-16)26-14-15-6-2-1-3-7-15/h1-13H,14H2,(H,23,25). The Morgan fingerprint density at radius 3 is 2.85 bits per heavy atom. The van der Waals surface area contributed by atoms with Crippen LogP contribution in [0.1, 0.15) is 15.9 Å². The lowest BCUT2D eigenvalue weighted by Crippen LogP contribution is -2.12. The van der Waals surface area contributed by atoms with Crippen LogP contribution in [0.4, 0.5) is 5.69 Å². The summed E-state index contributed by atoms with van der Waals surface area (Å²) in [6.45, 7) is 0.468. The number of benzene rings is 2. The molecule has 128 valence electrons. The number of aromatic nitrogens is 3. The number of amides is 1. The van der Waals surface area contributed by atoms with E-state index in [0.29, 0.717) is 29.3 Å². The fourth-order valence-corrected chi connectivity index (χ4v) is 2.59. The van der Waals surface area contributed by atoms with Gasteiger partial charge in [0.25, 0.3) is 5.91 Å². The summed E-state index contributed by atoms with van der Waals surface area (Å²) in [5, 5.41) is 6.99. The van der Waals surface area contributed by atoms with Crippen LogP contribution in [0, 0.1) is 0 Å². The summed E-state index contributed by atoms with van der Waals surface area (Å²) in [6.07, 6.45) is 4.89. The van der Waals surface area contributed by atoms with E-state index >= 15 is 0 Å². The summed E-state index contributed by atoms with van der Waals surface area (Å²) in [7, 11) is 0. The van der Waals surface area contributed by atoms with E-state index in [0.717, 1.165) is 5.56 Å². The van der Waals surface area contributed by atoms with Crippen LogP contribution in [0.25, 0.3) is 5.65 Å². The number of nitrogens with one attached hydrogen (secondary N) is 1. The van der Waals surface area contributed by atoms with Gasteiger partial charge in [-0.3, -0.25) is 4.79 Å². The maximum absolute atomic E-state index is 12.5. The average molecular weight is 344 g/mol. The third-order valence-corrected chi connectivity index (χ3v) is 3.86. The van der Waals surface area contributed by atoms with Crippen LogP contribution in [-0.4, -0.2) is 20.5 Å². The highest BCUT2D eigenvalue weighted by Gasteiger charge is 2.14. The van der Waals surface area contributed by atoms with Crippen LogP contribution in [-0.2, 0) is 6.61 Å². The van der Waals surface area contributed by atoms with Crippen molar-refractivity contribution < 1.29 is 9.53 Å². The zero-order valence-corrected chi connectivity index (χ0v) is 13.9. The van der Waals surface area contributed by atoms with Crippen LogP contribution in [0.15, 0.2) is 79.3 Å². The molecule has 0 atom stereocenters. The van der Waals surface area contributed by atoms with Gasteiger partial charge in [-0.15, -0.1) is 0 Å². The number of fused-ring (bicyclic) bond motifs is 1. The van der Waals surface area contributed by atoms with Gasteiger partial charge < -0.3 is 10.1 Å². The highest BCUT2D eigenvalue weighted by atomic mass is 16.5. The second kappa shape index (κ2) is 7.06. The molecule has 0 spiro atoms. The summed E-state index contributed by atoms with van der Waals surface area (Å²) >= 11 is 0. The normalized spacial score (nSPS) is 10.6. The lowest BCUT2D eigenvalue weighted by Gasteiger charge is -2.09.